The predicted octanol–water partition coefficient (Wildman–Crippen LogP) is 1.73. The minimum absolute atomic E-state index is 0.0450. The van der Waals surface area contributed by atoms with Crippen LogP contribution in [-0.4, -0.2) is 28.5 Å². The Hall–Kier alpha value is -2.14. The highest BCUT2D eigenvalue weighted by molar-refractivity contribution is 5.92. The van der Waals surface area contributed by atoms with Crippen molar-refractivity contribution in [3.05, 3.63) is 48.5 Å². The summed E-state index contributed by atoms with van der Waals surface area (Å²) in [7, 11) is 0. The number of hydrogen-bond acceptors (Lipinski definition) is 3. The van der Waals surface area contributed by atoms with Crippen LogP contribution < -0.4 is 10.6 Å². The van der Waals surface area contributed by atoms with Crippen molar-refractivity contribution in [3.63, 3.8) is 0 Å². The lowest BCUT2D eigenvalue weighted by Gasteiger charge is -2.31. The Morgan fingerprint density at radius 3 is 3.05 bits per heavy atom. The predicted molar refractivity (Wildman–Crippen MR) is 81.9 cm³/mol. The molecule has 1 amide bonds. The van der Waals surface area contributed by atoms with Crippen LogP contribution in [0.3, 0.4) is 0 Å². The molecule has 2 aromatic rings. The molecule has 0 radical (unpaired) electrons. The maximum Gasteiger partial charge on any atom is 0.227 e. The van der Waals surface area contributed by atoms with Gasteiger partial charge in [-0.15, -0.1) is 0 Å². The number of aromatic nitrogens is 2. The van der Waals surface area contributed by atoms with E-state index in [1.807, 2.05) is 35.9 Å². The molecule has 1 unspecified atom stereocenters. The van der Waals surface area contributed by atoms with Crippen molar-refractivity contribution in [2.45, 2.75) is 13.5 Å². The highest BCUT2D eigenvalue weighted by Crippen LogP contribution is 2.19. The summed E-state index contributed by atoms with van der Waals surface area (Å²) in [5.74, 6) is 0.601. The number of carbonyl (C=O) groups excluding carboxylic acids is 1. The Morgan fingerprint density at radius 1 is 1.52 bits per heavy atom. The number of rotatable bonds is 5. The van der Waals surface area contributed by atoms with Gasteiger partial charge in [0, 0.05) is 30.5 Å². The van der Waals surface area contributed by atoms with Crippen molar-refractivity contribution < 1.29 is 4.79 Å². The normalized spacial score (nSPS) is 16.2. The van der Waals surface area contributed by atoms with E-state index in [2.05, 4.69) is 21.7 Å². The van der Waals surface area contributed by atoms with Gasteiger partial charge in [0.05, 0.1) is 6.33 Å². The Kier molecular flexibility index (Phi) is 4.01. The van der Waals surface area contributed by atoms with E-state index < -0.39 is 0 Å². The number of benzene rings is 1. The van der Waals surface area contributed by atoms with Gasteiger partial charge < -0.3 is 15.2 Å². The largest absolute Gasteiger partial charge is 0.333 e. The van der Waals surface area contributed by atoms with E-state index in [-0.39, 0.29) is 11.8 Å². The summed E-state index contributed by atoms with van der Waals surface area (Å²) in [6.45, 7) is 4.63. The van der Waals surface area contributed by atoms with E-state index in [0.717, 1.165) is 30.9 Å². The molecular weight excluding hydrogens is 264 g/mol. The molecule has 2 heterocycles. The van der Waals surface area contributed by atoms with Crippen LogP contribution >= 0.6 is 0 Å². The fourth-order valence-corrected chi connectivity index (χ4v) is 2.47. The van der Waals surface area contributed by atoms with Gasteiger partial charge in [-0.3, -0.25) is 4.79 Å². The molecule has 1 aromatic heterocycles. The average molecular weight is 284 g/mol. The van der Waals surface area contributed by atoms with Gasteiger partial charge in [-0.1, -0.05) is 19.1 Å². The summed E-state index contributed by atoms with van der Waals surface area (Å²) in [6, 6.07) is 7.97. The van der Waals surface area contributed by atoms with Crippen LogP contribution in [0, 0.1) is 11.8 Å². The van der Waals surface area contributed by atoms with Crippen molar-refractivity contribution in [1.82, 2.24) is 14.9 Å². The molecule has 3 rings (SSSR count). The molecule has 5 nitrogen and oxygen atoms in total. The molecule has 2 N–H and O–H groups in total. The standard InChI is InChI=1S/C16H20N4O/c1-12(14-8-18-9-14)16(21)19-15-4-2-3-13(7-15)10-20-6-5-17-11-20/h2-7,11-12,14,18H,8-10H2,1H3,(H,19,21). The monoisotopic (exact) mass is 284 g/mol. The summed E-state index contributed by atoms with van der Waals surface area (Å²) in [6.07, 6.45) is 5.48. The molecular formula is C16H20N4O. The van der Waals surface area contributed by atoms with E-state index in [4.69, 9.17) is 0 Å². The van der Waals surface area contributed by atoms with E-state index >= 15 is 0 Å². The van der Waals surface area contributed by atoms with Crippen LogP contribution in [-0.2, 0) is 11.3 Å². The number of imidazole rings is 1. The van der Waals surface area contributed by atoms with Gasteiger partial charge in [0.25, 0.3) is 0 Å². The van der Waals surface area contributed by atoms with Crippen LogP contribution in [0.15, 0.2) is 43.0 Å². The van der Waals surface area contributed by atoms with Gasteiger partial charge in [0.1, 0.15) is 0 Å². The first-order chi connectivity index (χ1) is 10.2. The van der Waals surface area contributed by atoms with Crippen LogP contribution in [0.4, 0.5) is 5.69 Å². The van der Waals surface area contributed by atoms with Crippen LogP contribution in [0.1, 0.15) is 12.5 Å². The smallest absolute Gasteiger partial charge is 0.227 e. The van der Waals surface area contributed by atoms with Crippen molar-refractivity contribution in [2.75, 3.05) is 18.4 Å². The maximum atomic E-state index is 12.2. The molecule has 1 atom stereocenters. The minimum Gasteiger partial charge on any atom is -0.333 e. The minimum atomic E-state index is 0.0450. The Balaban J connectivity index is 1.63. The molecule has 5 heteroatoms. The number of nitrogens with zero attached hydrogens (tertiary/aromatic N) is 2. The number of anilines is 1. The molecule has 21 heavy (non-hydrogen) atoms. The van der Waals surface area contributed by atoms with Gasteiger partial charge >= 0.3 is 0 Å². The number of nitrogens with one attached hydrogen (secondary N) is 2. The highest BCUT2D eigenvalue weighted by Gasteiger charge is 2.28. The molecule has 1 aliphatic rings. The first kappa shape index (κ1) is 13.8. The molecule has 0 bridgehead atoms. The van der Waals surface area contributed by atoms with Gasteiger partial charge in [-0.05, 0) is 36.7 Å². The summed E-state index contributed by atoms with van der Waals surface area (Å²) >= 11 is 0. The lowest BCUT2D eigenvalue weighted by molar-refractivity contribution is -0.121. The Morgan fingerprint density at radius 2 is 2.38 bits per heavy atom. The third-order valence-electron chi connectivity index (χ3n) is 4.05. The van der Waals surface area contributed by atoms with Crippen LogP contribution in [0.2, 0.25) is 0 Å². The summed E-state index contributed by atoms with van der Waals surface area (Å²) < 4.78 is 2.00. The zero-order valence-electron chi connectivity index (χ0n) is 12.1. The molecule has 0 aliphatic carbocycles. The van der Waals surface area contributed by atoms with Crippen LogP contribution in [0.5, 0.6) is 0 Å². The van der Waals surface area contributed by atoms with Crippen molar-refractivity contribution in [2.24, 2.45) is 11.8 Å². The van der Waals surface area contributed by atoms with Crippen molar-refractivity contribution in [1.29, 1.82) is 0 Å². The Bertz CT molecular complexity index is 604. The lowest BCUT2D eigenvalue weighted by atomic mass is 9.88. The van der Waals surface area contributed by atoms with Crippen molar-refractivity contribution in [3.8, 4) is 0 Å². The second-order valence-electron chi connectivity index (χ2n) is 5.63. The van der Waals surface area contributed by atoms with Crippen molar-refractivity contribution >= 4 is 11.6 Å². The van der Waals surface area contributed by atoms with Gasteiger partial charge in [0.15, 0.2) is 0 Å². The quantitative estimate of drug-likeness (QED) is 0.879. The first-order valence-electron chi connectivity index (χ1n) is 7.28. The fourth-order valence-electron chi connectivity index (χ4n) is 2.47. The first-order valence-corrected chi connectivity index (χ1v) is 7.28. The van der Waals surface area contributed by atoms with Gasteiger partial charge in [-0.2, -0.15) is 0 Å². The summed E-state index contributed by atoms with van der Waals surface area (Å²) in [4.78, 5) is 16.3. The average Bonchev–Trinajstić information content (AvgIpc) is 2.90. The lowest BCUT2D eigenvalue weighted by Crippen LogP contribution is -2.48. The van der Waals surface area contributed by atoms with E-state index in [1.54, 1.807) is 12.5 Å². The highest BCUT2D eigenvalue weighted by atomic mass is 16.1. The SMILES string of the molecule is CC(C(=O)Nc1cccc(Cn2ccnc2)c1)C1CNC1. The molecule has 1 fully saturated rings. The fraction of sp³-hybridized carbons (Fsp3) is 0.375. The molecule has 110 valence electrons. The summed E-state index contributed by atoms with van der Waals surface area (Å²) in [5, 5.41) is 6.23. The number of amides is 1. The third kappa shape index (κ3) is 3.31. The topological polar surface area (TPSA) is 59.0 Å². The Labute approximate surface area is 124 Å². The van der Waals surface area contributed by atoms with Gasteiger partial charge in [-0.25, -0.2) is 4.98 Å². The molecule has 0 saturated carbocycles. The zero-order chi connectivity index (χ0) is 14.7. The number of hydrogen-bond donors (Lipinski definition) is 2. The van der Waals surface area contributed by atoms with E-state index in [1.165, 1.54) is 0 Å². The van der Waals surface area contributed by atoms with Crippen LogP contribution in [0.25, 0.3) is 0 Å². The summed E-state index contributed by atoms with van der Waals surface area (Å²) in [5.41, 5.74) is 2.00. The zero-order valence-corrected chi connectivity index (χ0v) is 12.1. The van der Waals surface area contributed by atoms with E-state index in [0.29, 0.717) is 5.92 Å². The third-order valence-corrected chi connectivity index (χ3v) is 4.05. The van der Waals surface area contributed by atoms with E-state index in [9.17, 15) is 4.79 Å². The molecule has 1 aromatic carbocycles. The maximum absolute atomic E-state index is 12.2. The number of carbonyl (C=O) groups is 1. The van der Waals surface area contributed by atoms with Gasteiger partial charge in [0.2, 0.25) is 5.91 Å². The molecule has 0 spiro atoms. The molecule has 1 saturated heterocycles. The second-order valence-corrected chi connectivity index (χ2v) is 5.63. The molecule has 1 aliphatic heterocycles. The second kappa shape index (κ2) is 6.10.